The third-order valence-corrected chi connectivity index (χ3v) is 7.03. The summed E-state index contributed by atoms with van der Waals surface area (Å²) < 4.78 is 42.9. The maximum Gasteiger partial charge on any atom is 0.271 e. The number of aromatic amines is 1. The minimum atomic E-state index is -3.23. The van der Waals surface area contributed by atoms with Crippen LogP contribution in [0.1, 0.15) is 24.4 Å². The van der Waals surface area contributed by atoms with Crippen molar-refractivity contribution in [2.24, 2.45) is 0 Å². The number of aromatic nitrogens is 2. The number of hydrogen-bond acceptors (Lipinski definition) is 5. The van der Waals surface area contributed by atoms with Gasteiger partial charge >= 0.3 is 0 Å². The van der Waals surface area contributed by atoms with E-state index in [9.17, 15) is 18.0 Å². The zero-order valence-electron chi connectivity index (χ0n) is 15.9. The van der Waals surface area contributed by atoms with Crippen molar-refractivity contribution in [3.05, 3.63) is 68.4 Å². The van der Waals surface area contributed by atoms with Crippen molar-refractivity contribution >= 4 is 42.5 Å². The van der Waals surface area contributed by atoms with Gasteiger partial charge in [0, 0.05) is 23.2 Å². The van der Waals surface area contributed by atoms with Crippen LogP contribution in [-0.2, 0) is 15.6 Å². The van der Waals surface area contributed by atoms with Crippen LogP contribution in [0.3, 0.4) is 0 Å². The lowest BCUT2D eigenvalue weighted by atomic mass is 10.0. The Morgan fingerprint density at radius 3 is 2.67 bits per heavy atom. The smallest absolute Gasteiger partial charge is 0.271 e. The van der Waals surface area contributed by atoms with Crippen LogP contribution >= 0.6 is 11.5 Å². The van der Waals surface area contributed by atoms with E-state index in [0.717, 1.165) is 30.6 Å². The van der Waals surface area contributed by atoms with Crippen LogP contribution in [-0.4, -0.2) is 23.6 Å². The highest BCUT2D eigenvalue weighted by atomic mass is 32.2. The van der Waals surface area contributed by atoms with E-state index in [0.29, 0.717) is 21.5 Å². The van der Waals surface area contributed by atoms with E-state index >= 15 is 4.39 Å². The van der Waals surface area contributed by atoms with Crippen molar-refractivity contribution in [3.8, 4) is 11.1 Å². The zero-order valence-corrected chi connectivity index (χ0v) is 17.6. The summed E-state index contributed by atoms with van der Waals surface area (Å²) >= 11 is 1.12. The van der Waals surface area contributed by atoms with E-state index in [1.807, 2.05) is 4.57 Å². The third kappa shape index (κ3) is 3.18. The van der Waals surface area contributed by atoms with Crippen LogP contribution < -0.4 is 11.0 Å². The predicted molar refractivity (Wildman–Crippen MR) is 116 cm³/mol. The average molecular weight is 445 g/mol. The SMILES string of the molecule is CS(=O)(=O)Cc1cccc(-c2cc3c(cc2F)c(=O)c2c(=O)[nH]sc2n3C2CC2)c1. The first-order valence-corrected chi connectivity index (χ1v) is 12.3. The molecule has 0 unspecified atom stereocenters. The molecule has 154 valence electrons. The van der Waals surface area contributed by atoms with Crippen LogP contribution in [0.4, 0.5) is 4.39 Å². The number of nitrogens with one attached hydrogen (secondary N) is 1. The molecule has 4 aromatic rings. The topological polar surface area (TPSA) is 89.0 Å². The number of pyridine rings is 1. The third-order valence-electron chi connectivity index (χ3n) is 5.30. The van der Waals surface area contributed by atoms with Crippen LogP contribution in [0.15, 0.2) is 46.0 Å². The first-order valence-electron chi connectivity index (χ1n) is 9.39. The number of sulfone groups is 1. The molecular formula is C21H17FN2O4S2. The molecule has 0 spiro atoms. The second-order valence-electron chi connectivity index (χ2n) is 7.76. The first-order chi connectivity index (χ1) is 14.2. The van der Waals surface area contributed by atoms with Crippen molar-refractivity contribution in [3.63, 3.8) is 0 Å². The number of benzene rings is 2. The first kappa shape index (κ1) is 19.2. The highest BCUT2D eigenvalue weighted by molar-refractivity contribution is 7.89. The monoisotopic (exact) mass is 444 g/mol. The van der Waals surface area contributed by atoms with Gasteiger partial charge < -0.3 is 4.57 Å². The Morgan fingerprint density at radius 2 is 1.97 bits per heavy atom. The quantitative estimate of drug-likeness (QED) is 0.521. The van der Waals surface area contributed by atoms with Crippen molar-refractivity contribution in [2.45, 2.75) is 24.6 Å². The molecule has 2 aromatic heterocycles. The lowest BCUT2D eigenvalue weighted by molar-refractivity contribution is 0.601. The van der Waals surface area contributed by atoms with Gasteiger partial charge in [-0.15, -0.1) is 0 Å². The fourth-order valence-electron chi connectivity index (χ4n) is 3.90. The summed E-state index contributed by atoms with van der Waals surface area (Å²) in [5, 5.41) is 0.244. The van der Waals surface area contributed by atoms with Gasteiger partial charge in [0.15, 0.2) is 9.84 Å². The van der Waals surface area contributed by atoms with E-state index in [-0.39, 0.29) is 28.1 Å². The summed E-state index contributed by atoms with van der Waals surface area (Å²) in [4.78, 5) is 25.7. The standard InChI is InChI=1S/C21H17FN2O4S2/c1-30(27,28)10-11-3-2-4-12(7-11)14-9-17-15(8-16(14)22)19(25)18-20(26)23-29-21(18)24(17)13-5-6-13/h2-4,7-9,13H,5-6,10H2,1H3,(H,23,26). The largest absolute Gasteiger partial charge is 0.328 e. The van der Waals surface area contributed by atoms with Gasteiger partial charge in [-0.1, -0.05) is 24.3 Å². The predicted octanol–water partition coefficient (Wildman–Crippen LogP) is 3.59. The molecule has 5 rings (SSSR count). The molecule has 6 nitrogen and oxygen atoms in total. The van der Waals surface area contributed by atoms with Crippen molar-refractivity contribution in [2.75, 3.05) is 6.26 Å². The van der Waals surface area contributed by atoms with Gasteiger partial charge in [0.25, 0.3) is 5.56 Å². The molecule has 1 fully saturated rings. The molecule has 9 heteroatoms. The fraction of sp³-hybridized carbons (Fsp3) is 0.238. The Bertz CT molecular complexity index is 1560. The molecule has 0 aliphatic heterocycles. The molecule has 1 N–H and O–H groups in total. The summed E-state index contributed by atoms with van der Waals surface area (Å²) in [7, 11) is -3.23. The Hall–Kier alpha value is -2.78. The summed E-state index contributed by atoms with van der Waals surface area (Å²) in [5.41, 5.74) is 1.04. The minimum Gasteiger partial charge on any atom is -0.328 e. The highest BCUT2D eigenvalue weighted by Gasteiger charge is 2.29. The lowest BCUT2D eigenvalue weighted by Gasteiger charge is -2.14. The number of fused-ring (bicyclic) bond motifs is 2. The van der Waals surface area contributed by atoms with Gasteiger partial charge in [0.05, 0.1) is 11.3 Å². The highest BCUT2D eigenvalue weighted by Crippen LogP contribution is 2.40. The van der Waals surface area contributed by atoms with Crippen LogP contribution in [0, 0.1) is 5.82 Å². The van der Waals surface area contributed by atoms with Gasteiger partial charge in [-0.05, 0) is 47.6 Å². The Labute approximate surface area is 174 Å². The molecular weight excluding hydrogens is 427 g/mol. The molecule has 0 atom stereocenters. The molecule has 1 aliphatic carbocycles. The van der Waals surface area contributed by atoms with Crippen molar-refractivity contribution in [1.82, 2.24) is 8.94 Å². The van der Waals surface area contributed by atoms with Crippen LogP contribution in [0.2, 0.25) is 0 Å². The van der Waals surface area contributed by atoms with Crippen molar-refractivity contribution in [1.29, 1.82) is 0 Å². The van der Waals surface area contributed by atoms with Gasteiger partial charge in [0.1, 0.15) is 16.0 Å². The summed E-state index contributed by atoms with van der Waals surface area (Å²) in [5.74, 6) is -0.731. The minimum absolute atomic E-state index is 0.0710. The molecule has 0 radical (unpaired) electrons. The van der Waals surface area contributed by atoms with Gasteiger partial charge in [-0.3, -0.25) is 14.0 Å². The summed E-state index contributed by atoms with van der Waals surface area (Å²) in [6.45, 7) is 0. The van der Waals surface area contributed by atoms with E-state index in [4.69, 9.17) is 0 Å². The second-order valence-corrected chi connectivity index (χ2v) is 10.7. The number of hydrogen-bond donors (Lipinski definition) is 1. The van der Waals surface area contributed by atoms with E-state index < -0.39 is 26.6 Å². The van der Waals surface area contributed by atoms with E-state index in [1.165, 1.54) is 6.07 Å². The fourth-order valence-corrected chi connectivity index (χ4v) is 5.61. The van der Waals surface area contributed by atoms with Crippen LogP contribution in [0.25, 0.3) is 32.2 Å². The molecule has 1 saturated carbocycles. The summed E-state index contributed by atoms with van der Waals surface area (Å²) in [6.07, 6.45) is 3.00. The number of nitrogens with zero attached hydrogens (tertiary/aromatic N) is 1. The van der Waals surface area contributed by atoms with Gasteiger partial charge in [0.2, 0.25) is 5.43 Å². The Kier molecular flexibility index (Phi) is 4.23. The second kappa shape index (κ2) is 6.61. The molecule has 1 aliphatic rings. The van der Waals surface area contributed by atoms with E-state index in [1.54, 1.807) is 30.3 Å². The Morgan fingerprint density at radius 1 is 1.20 bits per heavy atom. The molecule has 0 bridgehead atoms. The van der Waals surface area contributed by atoms with Crippen LogP contribution in [0.5, 0.6) is 0 Å². The summed E-state index contributed by atoms with van der Waals surface area (Å²) in [6, 6.07) is 9.72. The number of halogens is 1. The maximum atomic E-state index is 15.1. The maximum absolute atomic E-state index is 15.1. The molecule has 2 heterocycles. The molecule has 0 saturated heterocycles. The number of rotatable bonds is 4. The van der Waals surface area contributed by atoms with E-state index in [2.05, 4.69) is 4.37 Å². The van der Waals surface area contributed by atoms with Gasteiger partial charge in [-0.2, -0.15) is 0 Å². The molecule has 30 heavy (non-hydrogen) atoms. The zero-order chi connectivity index (χ0) is 21.2. The normalized spacial score (nSPS) is 14.6. The van der Waals surface area contributed by atoms with Crippen molar-refractivity contribution < 1.29 is 12.8 Å². The number of H-pyrrole nitrogens is 1. The lowest BCUT2D eigenvalue weighted by Crippen LogP contribution is -2.15. The average Bonchev–Trinajstić information content (AvgIpc) is 3.43. The Balaban J connectivity index is 1.80. The molecule has 2 aromatic carbocycles. The molecule has 0 amide bonds. The van der Waals surface area contributed by atoms with Gasteiger partial charge in [-0.25, -0.2) is 12.8 Å².